The molecule has 2 N–H and O–H groups in total. The van der Waals surface area contributed by atoms with E-state index >= 15 is 0 Å². The van der Waals surface area contributed by atoms with E-state index in [1.165, 1.54) is 60.0 Å². The lowest BCUT2D eigenvalue weighted by atomic mass is 9.95. The summed E-state index contributed by atoms with van der Waals surface area (Å²) in [6.07, 6.45) is 2.36. The Kier molecular flexibility index (Phi) is 6.03. The quantitative estimate of drug-likeness (QED) is 0.447. The average Bonchev–Trinajstić information content (AvgIpc) is 3.13. The number of thioether (sulfide) groups is 1. The lowest BCUT2D eigenvalue weighted by Gasteiger charge is -2.44. The van der Waals surface area contributed by atoms with Gasteiger partial charge in [-0.2, -0.15) is 0 Å². The number of aromatic nitrogens is 1. The maximum absolute atomic E-state index is 11.1. The van der Waals surface area contributed by atoms with E-state index in [-0.39, 0.29) is 5.91 Å². The van der Waals surface area contributed by atoms with Gasteiger partial charge in [0.15, 0.2) is 0 Å². The molecule has 3 aromatic rings. The van der Waals surface area contributed by atoms with Crippen LogP contribution >= 0.6 is 11.8 Å². The third-order valence-corrected chi connectivity index (χ3v) is 7.55. The first-order chi connectivity index (χ1) is 15.2. The summed E-state index contributed by atoms with van der Waals surface area (Å²) in [5.41, 5.74) is 5.11. The second-order valence-electron chi connectivity index (χ2n) is 8.66. The van der Waals surface area contributed by atoms with Crippen molar-refractivity contribution in [2.75, 3.05) is 37.2 Å². The smallest absolute Gasteiger partial charge is 0.221 e. The normalized spacial score (nSPS) is 19.2. The number of carbonyl (C=O) groups is 1. The van der Waals surface area contributed by atoms with Crippen LogP contribution in [0.3, 0.4) is 0 Å². The van der Waals surface area contributed by atoms with E-state index in [4.69, 9.17) is 0 Å². The molecule has 0 spiro atoms. The minimum atomic E-state index is -0.0283. The molecule has 3 heterocycles. The summed E-state index contributed by atoms with van der Waals surface area (Å²) in [4.78, 5) is 21.4. The first kappa shape index (κ1) is 20.6. The number of benzene rings is 2. The second-order valence-corrected chi connectivity index (χ2v) is 9.83. The fraction of sp³-hybridized carbons (Fsp3) is 0.400. The van der Waals surface area contributed by atoms with Crippen molar-refractivity contribution in [3.63, 3.8) is 0 Å². The predicted molar refractivity (Wildman–Crippen MR) is 129 cm³/mol. The summed E-state index contributed by atoms with van der Waals surface area (Å²) in [7, 11) is 0. The van der Waals surface area contributed by atoms with Gasteiger partial charge in [-0.25, -0.2) is 0 Å². The number of hydrogen-bond acceptors (Lipinski definition) is 4. The maximum Gasteiger partial charge on any atom is 0.221 e. The van der Waals surface area contributed by atoms with Crippen molar-refractivity contribution in [1.29, 1.82) is 0 Å². The molecule has 1 fully saturated rings. The topological polar surface area (TPSA) is 51.4 Å². The van der Waals surface area contributed by atoms with Crippen LogP contribution in [-0.2, 0) is 17.8 Å². The zero-order valence-corrected chi connectivity index (χ0v) is 18.9. The molecule has 2 aliphatic heterocycles. The van der Waals surface area contributed by atoms with Crippen LogP contribution in [0.25, 0.3) is 10.9 Å². The minimum absolute atomic E-state index is 0.0283. The molecule has 1 aromatic heterocycles. The minimum Gasteiger partial charge on any atom is -0.357 e. The molecule has 2 aliphatic rings. The Bertz CT molecular complexity index is 1060. The lowest BCUT2D eigenvalue weighted by molar-refractivity contribution is -0.114. The first-order valence-electron chi connectivity index (χ1n) is 11.2. The van der Waals surface area contributed by atoms with Crippen LogP contribution in [0, 0.1) is 0 Å². The van der Waals surface area contributed by atoms with Crippen LogP contribution in [0.2, 0.25) is 0 Å². The number of anilines is 1. The first-order valence-corrected chi connectivity index (χ1v) is 12.2. The molecule has 31 heavy (non-hydrogen) atoms. The van der Waals surface area contributed by atoms with Gasteiger partial charge in [-0.15, -0.1) is 11.8 Å². The molecule has 162 valence electrons. The molecule has 0 saturated carbocycles. The predicted octanol–water partition coefficient (Wildman–Crippen LogP) is 4.35. The zero-order valence-electron chi connectivity index (χ0n) is 18.1. The second kappa shape index (κ2) is 9.07. The molecule has 0 bridgehead atoms. The number of piperazine rings is 1. The van der Waals surface area contributed by atoms with E-state index in [0.29, 0.717) is 6.04 Å². The number of rotatable bonds is 6. The fourth-order valence-electron chi connectivity index (χ4n) is 4.94. The number of fused-ring (bicyclic) bond motifs is 4. The number of aromatic amines is 1. The fourth-order valence-corrected chi connectivity index (χ4v) is 5.78. The molecule has 0 radical (unpaired) electrons. The van der Waals surface area contributed by atoms with Crippen LogP contribution in [0.5, 0.6) is 0 Å². The summed E-state index contributed by atoms with van der Waals surface area (Å²) in [5.74, 6) is 1.09. The molecule has 6 heteroatoms. The highest BCUT2D eigenvalue weighted by Crippen LogP contribution is 2.31. The van der Waals surface area contributed by atoms with Crippen molar-refractivity contribution < 1.29 is 4.79 Å². The molecular weight excluding hydrogens is 404 g/mol. The van der Waals surface area contributed by atoms with Gasteiger partial charge in [0.2, 0.25) is 5.91 Å². The Balaban J connectivity index is 1.11. The summed E-state index contributed by atoms with van der Waals surface area (Å²) >= 11 is 1.90. The number of hydrogen-bond donors (Lipinski definition) is 2. The molecule has 1 saturated heterocycles. The van der Waals surface area contributed by atoms with Crippen LogP contribution in [0.1, 0.15) is 24.6 Å². The van der Waals surface area contributed by atoms with Gasteiger partial charge in [0, 0.05) is 66.3 Å². The third kappa shape index (κ3) is 4.66. The number of para-hydroxylation sites is 1. The maximum atomic E-state index is 11.1. The number of nitrogens with zero attached hydrogens (tertiary/aromatic N) is 2. The lowest BCUT2D eigenvalue weighted by Crippen LogP contribution is -2.55. The highest BCUT2D eigenvalue weighted by atomic mass is 32.2. The Morgan fingerprint density at radius 2 is 2.00 bits per heavy atom. The molecule has 0 aliphatic carbocycles. The van der Waals surface area contributed by atoms with Crippen LogP contribution in [0.4, 0.5) is 5.69 Å². The Labute approximate surface area is 188 Å². The largest absolute Gasteiger partial charge is 0.357 e. The summed E-state index contributed by atoms with van der Waals surface area (Å²) in [6.45, 7) is 7.28. The summed E-state index contributed by atoms with van der Waals surface area (Å²) in [6, 6.07) is 17.5. The van der Waals surface area contributed by atoms with Crippen LogP contribution in [0.15, 0.2) is 53.4 Å². The van der Waals surface area contributed by atoms with Crippen molar-refractivity contribution in [3.8, 4) is 0 Å². The Morgan fingerprint density at radius 1 is 1.16 bits per heavy atom. The van der Waals surface area contributed by atoms with Gasteiger partial charge in [0.25, 0.3) is 0 Å². The molecule has 1 atom stereocenters. The molecule has 5 nitrogen and oxygen atoms in total. The van der Waals surface area contributed by atoms with E-state index in [2.05, 4.69) is 56.5 Å². The van der Waals surface area contributed by atoms with E-state index in [0.717, 1.165) is 31.0 Å². The van der Waals surface area contributed by atoms with Gasteiger partial charge in [0.1, 0.15) is 0 Å². The van der Waals surface area contributed by atoms with Crippen LogP contribution < -0.4 is 5.32 Å². The van der Waals surface area contributed by atoms with Crippen molar-refractivity contribution in [2.45, 2.75) is 37.2 Å². The Hall–Kier alpha value is -2.28. The number of carbonyl (C=O) groups excluding carboxylic acids is 1. The van der Waals surface area contributed by atoms with Gasteiger partial charge in [0.05, 0.1) is 0 Å². The summed E-state index contributed by atoms with van der Waals surface area (Å²) in [5, 5.41) is 4.23. The molecule has 5 rings (SSSR count). The third-order valence-electron chi connectivity index (χ3n) is 6.45. The molecule has 2 aromatic carbocycles. The highest BCUT2D eigenvalue weighted by Gasteiger charge is 2.32. The van der Waals surface area contributed by atoms with E-state index in [9.17, 15) is 4.79 Å². The number of amides is 1. The van der Waals surface area contributed by atoms with Crippen molar-refractivity contribution in [3.05, 3.63) is 59.8 Å². The molecule has 1 amide bonds. The van der Waals surface area contributed by atoms with Crippen molar-refractivity contribution >= 4 is 34.3 Å². The molecular formula is C25H30N4OS. The highest BCUT2D eigenvalue weighted by molar-refractivity contribution is 7.99. The number of H-pyrrole nitrogens is 1. The van der Waals surface area contributed by atoms with Crippen LogP contribution in [-0.4, -0.2) is 58.7 Å². The van der Waals surface area contributed by atoms with E-state index in [1.54, 1.807) is 0 Å². The zero-order chi connectivity index (χ0) is 21.2. The monoisotopic (exact) mass is 434 g/mol. The number of nitrogens with one attached hydrogen (secondary N) is 2. The van der Waals surface area contributed by atoms with Gasteiger partial charge in [-0.3, -0.25) is 9.69 Å². The molecule has 1 unspecified atom stereocenters. The van der Waals surface area contributed by atoms with Crippen molar-refractivity contribution in [1.82, 2.24) is 14.8 Å². The SMILES string of the molecule is CC(=O)Nc1ccc(SCCCN2CCN3Cc4[nH]c5ccccc5c4CC3C2)cc1. The average molecular weight is 435 g/mol. The summed E-state index contributed by atoms with van der Waals surface area (Å²) < 4.78 is 0. The van der Waals surface area contributed by atoms with Gasteiger partial charge >= 0.3 is 0 Å². The van der Waals surface area contributed by atoms with Gasteiger partial charge in [-0.05, 0) is 61.0 Å². The van der Waals surface area contributed by atoms with Crippen molar-refractivity contribution in [2.24, 2.45) is 0 Å². The van der Waals surface area contributed by atoms with Gasteiger partial charge < -0.3 is 15.2 Å². The standard InChI is InChI=1S/C25H30N4OS/c1-18(30)26-19-7-9-21(10-8-19)31-14-4-11-28-12-13-29-17-25-23(15-20(29)16-28)22-5-2-3-6-24(22)27-25/h2-3,5-10,20,27H,4,11-17H2,1H3,(H,26,30). The van der Waals surface area contributed by atoms with Gasteiger partial charge in [-0.1, -0.05) is 18.2 Å². The van der Waals surface area contributed by atoms with E-state index in [1.807, 2.05) is 23.9 Å². The Morgan fingerprint density at radius 3 is 2.84 bits per heavy atom. The van der Waals surface area contributed by atoms with E-state index < -0.39 is 0 Å².